The van der Waals surface area contributed by atoms with Gasteiger partial charge >= 0.3 is 0 Å². The highest BCUT2D eigenvalue weighted by molar-refractivity contribution is 6.03. The number of amides is 2. The van der Waals surface area contributed by atoms with Gasteiger partial charge in [0.25, 0.3) is 5.91 Å². The first kappa shape index (κ1) is 19.0. The van der Waals surface area contributed by atoms with E-state index >= 15 is 0 Å². The Bertz CT molecular complexity index is 1140. The van der Waals surface area contributed by atoms with Gasteiger partial charge in [-0.05, 0) is 43.3 Å². The van der Waals surface area contributed by atoms with E-state index in [1.54, 1.807) is 61.8 Å². The van der Waals surface area contributed by atoms with Crippen molar-refractivity contribution < 1.29 is 14.1 Å². The summed E-state index contributed by atoms with van der Waals surface area (Å²) in [6, 6.07) is 11.3. The molecule has 0 aliphatic heterocycles. The molecule has 0 saturated heterocycles. The van der Waals surface area contributed by atoms with Crippen molar-refractivity contribution in [2.75, 3.05) is 10.6 Å². The molecule has 0 fully saturated rings. The van der Waals surface area contributed by atoms with Crippen LogP contribution < -0.4 is 10.6 Å². The lowest BCUT2D eigenvalue weighted by molar-refractivity contribution is -0.119. The van der Waals surface area contributed by atoms with E-state index in [4.69, 9.17) is 4.52 Å². The van der Waals surface area contributed by atoms with Gasteiger partial charge in [0, 0.05) is 35.4 Å². The second kappa shape index (κ2) is 8.35. The van der Waals surface area contributed by atoms with Crippen LogP contribution in [0.15, 0.2) is 72.0 Å². The van der Waals surface area contributed by atoms with Crippen LogP contribution in [0.4, 0.5) is 11.4 Å². The molecule has 0 aliphatic rings. The van der Waals surface area contributed by atoms with E-state index in [1.165, 1.54) is 17.3 Å². The molecule has 3 aromatic heterocycles. The Morgan fingerprint density at radius 3 is 2.37 bits per heavy atom. The van der Waals surface area contributed by atoms with E-state index < -0.39 is 11.9 Å². The topological polar surface area (TPSA) is 128 Å². The van der Waals surface area contributed by atoms with Crippen molar-refractivity contribution in [2.24, 2.45) is 0 Å². The van der Waals surface area contributed by atoms with Crippen LogP contribution in [0, 0.1) is 0 Å². The smallest absolute Gasteiger partial charge is 0.277 e. The predicted molar refractivity (Wildman–Crippen MR) is 107 cm³/mol. The number of carbonyl (C=O) groups is 2. The third kappa shape index (κ3) is 4.22. The van der Waals surface area contributed by atoms with Gasteiger partial charge in [-0.1, -0.05) is 5.16 Å². The molecule has 0 spiro atoms. The molecule has 0 radical (unpaired) electrons. The summed E-state index contributed by atoms with van der Waals surface area (Å²) < 4.78 is 6.69. The summed E-state index contributed by atoms with van der Waals surface area (Å²) >= 11 is 0. The summed E-state index contributed by atoms with van der Waals surface area (Å²) in [5.74, 6) is -0.165. The van der Waals surface area contributed by atoms with Gasteiger partial charge in [-0.2, -0.15) is 5.10 Å². The molecule has 2 N–H and O–H groups in total. The number of anilines is 2. The molecule has 0 aliphatic carbocycles. The van der Waals surface area contributed by atoms with Crippen LogP contribution in [0.25, 0.3) is 11.3 Å². The first-order valence-corrected chi connectivity index (χ1v) is 9.03. The molecule has 1 unspecified atom stereocenters. The molecular formula is C20H17N7O3. The van der Waals surface area contributed by atoms with Crippen molar-refractivity contribution >= 4 is 23.2 Å². The molecule has 0 saturated carbocycles. The molecular weight excluding hydrogens is 386 g/mol. The predicted octanol–water partition coefficient (Wildman–Crippen LogP) is 2.78. The summed E-state index contributed by atoms with van der Waals surface area (Å²) in [5, 5.41) is 13.3. The van der Waals surface area contributed by atoms with Crippen LogP contribution >= 0.6 is 0 Å². The maximum absolute atomic E-state index is 12.4. The number of benzene rings is 1. The summed E-state index contributed by atoms with van der Waals surface area (Å²) in [5.41, 5.74) is 2.07. The van der Waals surface area contributed by atoms with Crippen molar-refractivity contribution in [3.8, 4) is 11.3 Å². The zero-order valence-electron chi connectivity index (χ0n) is 15.9. The van der Waals surface area contributed by atoms with Crippen molar-refractivity contribution in [2.45, 2.75) is 13.0 Å². The van der Waals surface area contributed by atoms with E-state index in [0.29, 0.717) is 17.1 Å². The maximum Gasteiger partial charge on any atom is 0.277 e. The molecule has 150 valence electrons. The molecule has 1 atom stereocenters. The fourth-order valence-electron chi connectivity index (χ4n) is 2.65. The van der Waals surface area contributed by atoms with Gasteiger partial charge in [0.2, 0.25) is 5.91 Å². The zero-order chi connectivity index (χ0) is 20.9. The summed E-state index contributed by atoms with van der Waals surface area (Å²) in [4.78, 5) is 32.5. The highest BCUT2D eigenvalue weighted by Crippen LogP contribution is 2.20. The first-order chi connectivity index (χ1) is 14.6. The minimum Gasteiger partial charge on any atom is -0.355 e. The monoisotopic (exact) mass is 403 g/mol. The number of nitrogens with one attached hydrogen (secondary N) is 2. The molecule has 30 heavy (non-hydrogen) atoms. The Balaban J connectivity index is 1.37. The van der Waals surface area contributed by atoms with Crippen LogP contribution in [-0.2, 0) is 4.79 Å². The van der Waals surface area contributed by atoms with Gasteiger partial charge in [-0.15, -0.1) is 0 Å². The van der Waals surface area contributed by atoms with Crippen molar-refractivity contribution in [1.82, 2.24) is 24.9 Å². The number of nitrogens with zero attached hydrogens (tertiary/aromatic N) is 5. The third-order valence-electron chi connectivity index (χ3n) is 4.33. The average Bonchev–Trinajstić information content (AvgIpc) is 3.48. The molecule has 2 amide bonds. The molecule has 0 bridgehead atoms. The number of rotatable bonds is 6. The number of pyridine rings is 1. The molecule has 3 heterocycles. The molecule has 4 rings (SSSR count). The zero-order valence-corrected chi connectivity index (χ0v) is 15.9. The van der Waals surface area contributed by atoms with Gasteiger partial charge in [0.05, 0.1) is 0 Å². The normalized spacial score (nSPS) is 11.6. The molecule has 10 nitrogen and oxygen atoms in total. The van der Waals surface area contributed by atoms with E-state index in [0.717, 1.165) is 5.56 Å². The number of aromatic nitrogens is 5. The summed E-state index contributed by atoms with van der Waals surface area (Å²) in [6.45, 7) is 1.72. The fraction of sp³-hybridized carbons (Fsp3) is 0.100. The second-order valence-electron chi connectivity index (χ2n) is 6.38. The van der Waals surface area contributed by atoms with Crippen LogP contribution in [0.5, 0.6) is 0 Å². The molecule has 1 aromatic carbocycles. The summed E-state index contributed by atoms with van der Waals surface area (Å²) in [6.07, 6.45) is 6.11. The van der Waals surface area contributed by atoms with Gasteiger partial charge in [-0.3, -0.25) is 14.6 Å². The minimum absolute atomic E-state index is 0.154. The number of hydrogen-bond acceptors (Lipinski definition) is 7. The maximum atomic E-state index is 12.4. The van der Waals surface area contributed by atoms with Crippen LogP contribution in [0.1, 0.15) is 23.5 Å². The Labute approximate surface area is 170 Å². The quantitative estimate of drug-likeness (QED) is 0.506. The lowest BCUT2D eigenvalue weighted by atomic mass is 10.2. The van der Waals surface area contributed by atoms with Crippen molar-refractivity contribution in [1.29, 1.82) is 0 Å². The lowest BCUT2D eigenvalue weighted by Gasteiger charge is -2.12. The standard InChI is InChI=1S/C20H17N7O3/c1-13(27-12-22-11-23-27)19(28)24-15-2-4-16(5-3-15)25-20(29)17-10-18(30-26-17)14-6-8-21-9-7-14/h2-13H,1H3,(H,24,28)(H,25,29). The largest absolute Gasteiger partial charge is 0.355 e. The average molecular weight is 403 g/mol. The van der Waals surface area contributed by atoms with E-state index in [9.17, 15) is 9.59 Å². The van der Waals surface area contributed by atoms with Gasteiger partial charge in [0.15, 0.2) is 11.5 Å². The highest BCUT2D eigenvalue weighted by Gasteiger charge is 2.16. The van der Waals surface area contributed by atoms with Gasteiger partial charge in [0.1, 0.15) is 18.7 Å². The number of carbonyl (C=O) groups excluding carboxylic acids is 2. The fourth-order valence-corrected chi connectivity index (χ4v) is 2.65. The van der Waals surface area contributed by atoms with Gasteiger partial charge < -0.3 is 15.2 Å². The van der Waals surface area contributed by atoms with Crippen LogP contribution in [-0.4, -0.2) is 36.7 Å². The van der Waals surface area contributed by atoms with E-state index in [-0.39, 0.29) is 11.6 Å². The minimum atomic E-state index is -0.506. The summed E-state index contributed by atoms with van der Waals surface area (Å²) in [7, 11) is 0. The van der Waals surface area contributed by atoms with E-state index in [2.05, 4.69) is 30.9 Å². The van der Waals surface area contributed by atoms with Gasteiger partial charge in [-0.25, -0.2) is 9.67 Å². The first-order valence-electron chi connectivity index (χ1n) is 9.03. The third-order valence-corrected chi connectivity index (χ3v) is 4.33. The second-order valence-corrected chi connectivity index (χ2v) is 6.38. The SMILES string of the molecule is CC(C(=O)Nc1ccc(NC(=O)c2cc(-c3ccncc3)on2)cc1)n1cncn1. The molecule has 10 heteroatoms. The van der Waals surface area contributed by atoms with Crippen LogP contribution in [0.2, 0.25) is 0 Å². The Morgan fingerprint density at radius 1 is 1.00 bits per heavy atom. The Hall–Kier alpha value is -4.34. The highest BCUT2D eigenvalue weighted by atomic mass is 16.5. The Kier molecular flexibility index (Phi) is 5.29. The van der Waals surface area contributed by atoms with Crippen molar-refractivity contribution in [3.63, 3.8) is 0 Å². The van der Waals surface area contributed by atoms with E-state index in [1.807, 2.05) is 0 Å². The number of hydrogen-bond donors (Lipinski definition) is 2. The van der Waals surface area contributed by atoms with Crippen molar-refractivity contribution in [3.05, 3.63) is 73.2 Å². The Morgan fingerprint density at radius 2 is 1.70 bits per heavy atom. The lowest BCUT2D eigenvalue weighted by Crippen LogP contribution is -2.24. The van der Waals surface area contributed by atoms with Crippen LogP contribution in [0.3, 0.4) is 0 Å². The molecule has 4 aromatic rings.